The molecule has 0 saturated carbocycles. The molecule has 0 heterocycles. The normalized spacial score (nSPS) is 11.8. The zero-order chi connectivity index (χ0) is 18.4. The van der Waals surface area contributed by atoms with Crippen molar-refractivity contribution in [2.45, 2.75) is 4.90 Å². The van der Waals surface area contributed by atoms with Crippen molar-refractivity contribution in [3.63, 3.8) is 0 Å². The second kappa shape index (κ2) is 8.44. The monoisotopic (exact) mass is 399 g/mol. The molecule has 25 heavy (non-hydrogen) atoms. The van der Waals surface area contributed by atoms with E-state index in [9.17, 15) is 13.2 Å². The maximum atomic E-state index is 12.3. The number of nitrogens with one attached hydrogen (secondary N) is 1. The molecule has 0 saturated heterocycles. The molecule has 0 aliphatic heterocycles. The van der Waals surface area contributed by atoms with Gasteiger partial charge in [0.1, 0.15) is 0 Å². The summed E-state index contributed by atoms with van der Waals surface area (Å²) in [6, 6.07) is 12.9. The summed E-state index contributed by atoms with van der Waals surface area (Å²) in [6.07, 6.45) is 1.33. The minimum absolute atomic E-state index is 0.111. The number of nitrogens with zero attached hydrogens (tertiary/aromatic N) is 2. The summed E-state index contributed by atoms with van der Waals surface area (Å²) < 4.78 is 25.6. The van der Waals surface area contributed by atoms with E-state index in [0.29, 0.717) is 15.6 Å². The minimum Gasteiger partial charge on any atom is -0.272 e. The molecule has 2 aromatic rings. The summed E-state index contributed by atoms with van der Waals surface area (Å²) in [4.78, 5) is 12.0. The van der Waals surface area contributed by atoms with Gasteiger partial charge in [0.2, 0.25) is 10.0 Å². The highest BCUT2D eigenvalue weighted by Crippen LogP contribution is 2.24. The van der Waals surface area contributed by atoms with Crippen molar-refractivity contribution in [1.82, 2.24) is 9.73 Å². The van der Waals surface area contributed by atoms with E-state index in [1.54, 1.807) is 36.4 Å². The van der Waals surface area contributed by atoms with Gasteiger partial charge in [-0.05, 0) is 18.2 Å². The number of rotatable bonds is 6. The summed E-state index contributed by atoms with van der Waals surface area (Å²) >= 11 is 11.9. The number of benzene rings is 2. The Balaban J connectivity index is 1.98. The standard InChI is InChI=1S/C16H15Cl2N3O3S/c1-21(25(23,24)13-7-3-2-4-8-13)11-15(22)20-19-10-12-6-5-9-14(17)16(12)18/h2-10H,11H2,1H3,(H,20,22)/b19-10-. The van der Waals surface area contributed by atoms with Crippen molar-refractivity contribution < 1.29 is 13.2 Å². The van der Waals surface area contributed by atoms with Gasteiger partial charge in [0, 0.05) is 12.6 Å². The molecule has 0 aliphatic carbocycles. The van der Waals surface area contributed by atoms with E-state index in [1.165, 1.54) is 25.4 Å². The first-order valence-electron chi connectivity index (χ1n) is 7.09. The maximum absolute atomic E-state index is 12.3. The van der Waals surface area contributed by atoms with Gasteiger partial charge in [-0.1, -0.05) is 53.5 Å². The van der Waals surface area contributed by atoms with Crippen LogP contribution in [0.25, 0.3) is 0 Å². The van der Waals surface area contributed by atoms with Crippen LogP contribution in [0.1, 0.15) is 5.56 Å². The number of halogens is 2. The van der Waals surface area contributed by atoms with Crippen LogP contribution in [0.5, 0.6) is 0 Å². The topological polar surface area (TPSA) is 78.8 Å². The van der Waals surface area contributed by atoms with Crippen LogP contribution < -0.4 is 5.43 Å². The Morgan fingerprint density at radius 1 is 1.16 bits per heavy atom. The van der Waals surface area contributed by atoms with E-state index in [-0.39, 0.29) is 11.4 Å². The number of hydrogen-bond acceptors (Lipinski definition) is 4. The van der Waals surface area contributed by atoms with Gasteiger partial charge in [0.15, 0.2) is 0 Å². The maximum Gasteiger partial charge on any atom is 0.255 e. The molecule has 1 amide bonds. The van der Waals surface area contributed by atoms with Gasteiger partial charge in [-0.2, -0.15) is 9.41 Å². The predicted molar refractivity (Wildman–Crippen MR) is 98.5 cm³/mol. The number of carbonyl (C=O) groups is 1. The van der Waals surface area contributed by atoms with Crippen LogP contribution in [-0.4, -0.2) is 38.4 Å². The lowest BCUT2D eigenvalue weighted by molar-refractivity contribution is -0.121. The quantitative estimate of drug-likeness (QED) is 0.598. The molecule has 0 unspecified atom stereocenters. The molecule has 2 aromatic carbocycles. The van der Waals surface area contributed by atoms with E-state index in [0.717, 1.165) is 4.31 Å². The molecule has 0 aromatic heterocycles. The molecular formula is C16H15Cl2N3O3S. The second-order valence-corrected chi connectivity index (χ2v) is 7.84. The Labute approximate surface area is 156 Å². The lowest BCUT2D eigenvalue weighted by atomic mass is 10.2. The number of likely N-dealkylation sites (N-methyl/N-ethyl adjacent to an activating group) is 1. The summed E-state index contributed by atoms with van der Waals surface area (Å²) in [5.74, 6) is -0.587. The highest BCUT2D eigenvalue weighted by Gasteiger charge is 2.22. The average Bonchev–Trinajstić information content (AvgIpc) is 2.59. The molecule has 0 fully saturated rings. The molecule has 0 atom stereocenters. The van der Waals surface area contributed by atoms with Crippen molar-refractivity contribution in [2.24, 2.45) is 5.10 Å². The highest BCUT2D eigenvalue weighted by atomic mass is 35.5. The Morgan fingerprint density at radius 3 is 2.52 bits per heavy atom. The third-order valence-electron chi connectivity index (χ3n) is 3.19. The van der Waals surface area contributed by atoms with Gasteiger partial charge in [0.05, 0.1) is 27.7 Å². The van der Waals surface area contributed by atoms with Crippen molar-refractivity contribution in [3.8, 4) is 0 Å². The van der Waals surface area contributed by atoms with E-state index in [1.807, 2.05) is 0 Å². The number of sulfonamides is 1. The molecule has 0 aliphatic rings. The number of hydrazone groups is 1. The number of amides is 1. The first-order valence-corrected chi connectivity index (χ1v) is 9.29. The fraction of sp³-hybridized carbons (Fsp3) is 0.125. The predicted octanol–water partition coefficient (Wildman–Crippen LogP) is 2.76. The molecule has 132 valence electrons. The van der Waals surface area contributed by atoms with E-state index < -0.39 is 15.9 Å². The van der Waals surface area contributed by atoms with Crippen LogP contribution in [0.3, 0.4) is 0 Å². The van der Waals surface area contributed by atoms with Gasteiger partial charge in [-0.3, -0.25) is 4.79 Å². The van der Waals surface area contributed by atoms with Crippen LogP contribution in [-0.2, 0) is 14.8 Å². The summed E-state index contributed by atoms with van der Waals surface area (Å²) in [6.45, 7) is -0.377. The fourth-order valence-electron chi connectivity index (χ4n) is 1.89. The zero-order valence-corrected chi connectivity index (χ0v) is 15.5. The van der Waals surface area contributed by atoms with Crippen molar-refractivity contribution in [2.75, 3.05) is 13.6 Å². The molecule has 0 bridgehead atoms. The SMILES string of the molecule is CN(CC(=O)N/N=C\c1cccc(Cl)c1Cl)S(=O)(=O)c1ccccc1. The fourth-order valence-corrected chi connectivity index (χ4v) is 3.39. The Bertz CT molecular complexity index is 887. The molecule has 0 radical (unpaired) electrons. The molecular weight excluding hydrogens is 385 g/mol. The molecule has 6 nitrogen and oxygen atoms in total. The lowest BCUT2D eigenvalue weighted by Crippen LogP contribution is -2.36. The third kappa shape index (κ3) is 5.02. The molecule has 1 N–H and O–H groups in total. The van der Waals surface area contributed by atoms with E-state index in [2.05, 4.69) is 10.5 Å². The summed E-state index contributed by atoms with van der Waals surface area (Å²) in [5, 5.41) is 4.44. The van der Waals surface area contributed by atoms with Crippen LogP contribution >= 0.6 is 23.2 Å². The van der Waals surface area contributed by atoms with Crippen molar-refractivity contribution >= 4 is 45.3 Å². The number of carbonyl (C=O) groups excluding carboxylic acids is 1. The van der Waals surface area contributed by atoms with Crippen molar-refractivity contribution in [3.05, 3.63) is 64.1 Å². The second-order valence-electron chi connectivity index (χ2n) is 5.01. The number of hydrogen-bond donors (Lipinski definition) is 1. The largest absolute Gasteiger partial charge is 0.272 e. The van der Waals surface area contributed by atoms with Gasteiger partial charge in [0.25, 0.3) is 5.91 Å². The smallest absolute Gasteiger partial charge is 0.255 e. The van der Waals surface area contributed by atoms with E-state index in [4.69, 9.17) is 23.2 Å². The van der Waals surface area contributed by atoms with Crippen LogP contribution in [0, 0.1) is 0 Å². The van der Waals surface area contributed by atoms with Gasteiger partial charge >= 0.3 is 0 Å². The van der Waals surface area contributed by atoms with Crippen LogP contribution in [0.4, 0.5) is 0 Å². The highest BCUT2D eigenvalue weighted by molar-refractivity contribution is 7.89. The lowest BCUT2D eigenvalue weighted by Gasteiger charge is -2.15. The Morgan fingerprint density at radius 2 is 1.84 bits per heavy atom. The minimum atomic E-state index is -3.74. The van der Waals surface area contributed by atoms with E-state index >= 15 is 0 Å². The summed E-state index contributed by atoms with van der Waals surface area (Å²) in [5.41, 5.74) is 2.78. The molecule has 0 spiro atoms. The average molecular weight is 400 g/mol. The Hall–Kier alpha value is -1.93. The molecule has 2 rings (SSSR count). The van der Waals surface area contributed by atoms with Gasteiger partial charge in [-0.15, -0.1) is 0 Å². The zero-order valence-electron chi connectivity index (χ0n) is 13.2. The van der Waals surface area contributed by atoms with Crippen molar-refractivity contribution in [1.29, 1.82) is 0 Å². The van der Waals surface area contributed by atoms with Crippen LogP contribution in [0.2, 0.25) is 10.0 Å². The molecule has 9 heteroatoms. The third-order valence-corrected chi connectivity index (χ3v) is 5.84. The first-order chi connectivity index (χ1) is 11.8. The van der Waals surface area contributed by atoms with Gasteiger partial charge < -0.3 is 0 Å². The van der Waals surface area contributed by atoms with Gasteiger partial charge in [-0.25, -0.2) is 13.8 Å². The van der Waals surface area contributed by atoms with Crippen LogP contribution in [0.15, 0.2) is 58.5 Å². The summed E-state index contributed by atoms with van der Waals surface area (Å²) in [7, 11) is -2.42. The first kappa shape index (κ1) is 19.4. The Kier molecular flexibility index (Phi) is 6.55.